The summed E-state index contributed by atoms with van der Waals surface area (Å²) in [7, 11) is 0. The van der Waals surface area contributed by atoms with Crippen molar-refractivity contribution in [3.63, 3.8) is 0 Å². The topological polar surface area (TPSA) is 43.8 Å². The molecule has 19 heavy (non-hydrogen) atoms. The van der Waals surface area contributed by atoms with Crippen molar-refractivity contribution in [2.45, 2.75) is 38.2 Å². The third kappa shape index (κ3) is 3.94. The van der Waals surface area contributed by atoms with E-state index >= 15 is 0 Å². The van der Waals surface area contributed by atoms with Crippen molar-refractivity contribution in [2.75, 3.05) is 13.2 Å². The van der Waals surface area contributed by atoms with E-state index in [4.69, 9.17) is 5.11 Å². The lowest BCUT2D eigenvalue weighted by atomic mass is 10.0. The molecule has 0 radical (unpaired) electrons. The molecule has 0 bridgehead atoms. The fourth-order valence-corrected chi connectivity index (χ4v) is 2.05. The molecule has 0 amide bonds. The number of halogens is 2. The number of aliphatic carboxylic acids is 1. The summed E-state index contributed by atoms with van der Waals surface area (Å²) >= 11 is 0. The molecule has 6 heteroatoms. The molecule has 0 aliphatic carbocycles. The van der Waals surface area contributed by atoms with Crippen LogP contribution in [0.4, 0.5) is 8.78 Å². The van der Waals surface area contributed by atoms with Gasteiger partial charge in [0.15, 0.2) is 6.04 Å². The first-order chi connectivity index (χ1) is 8.92. The van der Waals surface area contributed by atoms with Crippen LogP contribution in [0.15, 0.2) is 25.1 Å². The Morgan fingerprint density at radius 1 is 1.58 bits per heavy atom. The zero-order valence-corrected chi connectivity index (χ0v) is 11.1. The Balaban J connectivity index is 2.76. The van der Waals surface area contributed by atoms with Gasteiger partial charge >= 0.3 is 5.97 Å². The zero-order chi connectivity index (χ0) is 14.5. The van der Waals surface area contributed by atoms with E-state index in [2.05, 4.69) is 6.58 Å². The third-order valence-electron chi connectivity index (χ3n) is 3.01. The first-order valence-electron chi connectivity index (χ1n) is 6.32. The summed E-state index contributed by atoms with van der Waals surface area (Å²) in [6, 6.07) is -1.81. The van der Waals surface area contributed by atoms with Crippen LogP contribution in [-0.2, 0) is 4.79 Å². The van der Waals surface area contributed by atoms with Crippen molar-refractivity contribution < 1.29 is 18.7 Å². The van der Waals surface area contributed by atoms with Crippen LogP contribution in [-0.4, -0.2) is 46.1 Å². The fraction of sp³-hybridized carbons (Fsp3) is 0.615. The second kappa shape index (κ2) is 6.54. The molecule has 0 fully saturated rings. The molecule has 1 atom stereocenters. The molecule has 0 spiro atoms. The van der Waals surface area contributed by atoms with Crippen molar-refractivity contribution in [2.24, 2.45) is 0 Å². The molecular formula is C13H20F2N2O2. The first-order valence-corrected chi connectivity index (χ1v) is 6.32. The first kappa shape index (κ1) is 15.5. The van der Waals surface area contributed by atoms with Gasteiger partial charge in [-0.3, -0.25) is 0 Å². The molecule has 1 unspecified atom stereocenters. The maximum Gasteiger partial charge on any atom is 0.332 e. The minimum absolute atomic E-state index is 0.144. The van der Waals surface area contributed by atoms with E-state index in [1.54, 1.807) is 24.1 Å². The van der Waals surface area contributed by atoms with Gasteiger partial charge in [-0.05, 0) is 6.42 Å². The lowest BCUT2D eigenvalue weighted by Gasteiger charge is -2.32. The number of carboxylic acids is 1. The number of hydrogen-bond acceptors (Lipinski definition) is 3. The van der Waals surface area contributed by atoms with Crippen molar-refractivity contribution in [1.29, 1.82) is 0 Å². The minimum atomic E-state index is -3.24. The number of alkyl halides is 2. The molecule has 4 nitrogen and oxygen atoms in total. The van der Waals surface area contributed by atoms with E-state index in [-0.39, 0.29) is 6.67 Å². The Labute approximate surface area is 112 Å². The quantitative estimate of drug-likeness (QED) is 0.691. The molecule has 108 valence electrons. The number of rotatable bonds is 8. The highest BCUT2D eigenvalue weighted by molar-refractivity contribution is 5.75. The molecular weight excluding hydrogens is 254 g/mol. The Bertz CT molecular complexity index is 359. The van der Waals surface area contributed by atoms with Gasteiger partial charge in [0.2, 0.25) is 0 Å². The second-order valence-corrected chi connectivity index (χ2v) is 4.62. The van der Waals surface area contributed by atoms with Gasteiger partial charge in [0.05, 0.1) is 6.67 Å². The van der Waals surface area contributed by atoms with Gasteiger partial charge < -0.3 is 14.9 Å². The van der Waals surface area contributed by atoms with Crippen LogP contribution in [0, 0.1) is 0 Å². The summed E-state index contributed by atoms with van der Waals surface area (Å²) in [4.78, 5) is 14.1. The van der Waals surface area contributed by atoms with Gasteiger partial charge in [-0.25, -0.2) is 13.6 Å². The Morgan fingerprint density at radius 2 is 2.26 bits per heavy atom. The number of hydrogen-bond donors (Lipinski definition) is 1. The maximum absolute atomic E-state index is 14.0. The zero-order valence-electron chi connectivity index (χ0n) is 11.1. The maximum atomic E-state index is 14.0. The molecule has 1 heterocycles. The Kier molecular flexibility index (Phi) is 5.32. The fourth-order valence-electron chi connectivity index (χ4n) is 2.05. The standard InChI is InChI=1S/C13H20F2N2O2/c1-3-5-6-13(14,15)11(12(18)19)17-9-8-16(10-17)7-4-2/h4,8-9,11H,2-3,5-7,10H2,1H3,(H,18,19). The van der Waals surface area contributed by atoms with E-state index in [0.717, 1.165) is 0 Å². The van der Waals surface area contributed by atoms with Crippen LogP contribution in [0.3, 0.4) is 0 Å². The predicted octanol–water partition coefficient (Wildman–Crippen LogP) is 2.50. The Hall–Kier alpha value is -1.59. The van der Waals surface area contributed by atoms with Gasteiger partial charge in [-0.1, -0.05) is 19.4 Å². The highest BCUT2D eigenvalue weighted by atomic mass is 19.3. The molecule has 0 saturated heterocycles. The average molecular weight is 274 g/mol. The molecule has 0 aromatic heterocycles. The summed E-state index contributed by atoms with van der Waals surface area (Å²) < 4.78 is 28.0. The molecule has 1 rings (SSSR count). The van der Waals surface area contributed by atoms with E-state index in [9.17, 15) is 13.6 Å². The molecule has 0 aromatic carbocycles. The van der Waals surface area contributed by atoms with Crippen molar-refractivity contribution in [1.82, 2.24) is 9.80 Å². The average Bonchev–Trinajstić information content (AvgIpc) is 2.74. The molecule has 0 aromatic rings. The summed E-state index contributed by atoms with van der Waals surface area (Å²) in [6.07, 6.45) is 5.16. The highest BCUT2D eigenvalue weighted by Gasteiger charge is 2.47. The van der Waals surface area contributed by atoms with Crippen LogP contribution in [0.1, 0.15) is 26.2 Å². The number of carboxylic acid groups (broad SMARTS) is 1. The van der Waals surface area contributed by atoms with Crippen LogP contribution >= 0.6 is 0 Å². The molecule has 1 N–H and O–H groups in total. The lowest BCUT2D eigenvalue weighted by molar-refractivity contribution is -0.160. The van der Waals surface area contributed by atoms with Gasteiger partial charge in [0, 0.05) is 25.4 Å². The number of carbonyl (C=O) groups is 1. The van der Waals surface area contributed by atoms with E-state index in [0.29, 0.717) is 19.4 Å². The predicted molar refractivity (Wildman–Crippen MR) is 68.6 cm³/mol. The van der Waals surface area contributed by atoms with Crippen molar-refractivity contribution in [3.8, 4) is 0 Å². The lowest BCUT2D eigenvalue weighted by Crippen LogP contribution is -2.51. The van der Waals surface area contributed by atoms with Gasteiger partial charge in [-0.15, -0.1) is 6.58 Å². The highest BCUT2D eigenvalue weighted by Crippen LogP contribution is 2.31. The molecule has 1 aliphatic heterocycles. The summed E-state index contributed by atoms with van der Waals surface area (Å²) in [5.74, 6) is -4.73. The van der Waals surface area contributed by atoms with Crippen LogP contribution in [0.5, 0.6) is 0 Å². The van der Waals surface area contributed by atoms with E-state index in [1.807, 2.05) is 0 Å². The molecule has 0 saturated carbocycles. The monoisotopic (exact) mass is 274 g/mol. The minimum Gasteiger partial charge on any atom is -0.480 e. The largest absolute Gasteiger partial charge is 0.480 e. The summed E-state index contributed by atoms with van der Waals surface area (Å²) in [6.45, 7) is 6.00. The van der Waals surface area contributed by atoms with E-state index < -0.39 is 24.4 Å². The molecule has 1 aliphatic rings. The summed E-state index contributed by atoms with van der Waals surface area (Å²) in [5, 5.41) is 9.09. The normalized spacial score (nSPS) is 16.8. The van der Waals surface area contributed by atoms with Crippen LogP contribution < -0.4 is 0 Å². The van der Waals surface area contributed by atoms with E-state index in [1.165, 1.54) is 11.1 Å². The van der Waals surface area contributed by atoms with Gasteiger partial charge in [-0.2, -0.15) is 0 Å². The van der Waals surface area contributed by atoms with Gasteiger partial charge in [0.25, 0.3) is 5.92 Å². The van der Waals surface area contributed by atoms with Crippen LogP contribution in [0.2, 0.25) is 0 Å². The third-order valence-corrected chi connectivity index (χ3v) is 3.01. The van der Waals surface area contributed by atoms with Crippen LogP contribution in [0.25, 0.3) is 0 Å². The van der Waals surface area contributed by atoms with Crippen molar-refractivity contribution in [3.05, 3.63) is 25.1 Å². The SMILES string of the molecule is C=CCN1C=CN(C(C(=O)O)C(F)(F)CCCC)C1. The van der Waals surface area contributed by atoms with Crippen molar-refractivity contribution >= 4 is 5.97 Å². The van der Waals surface area contributed by atoms with Gasteiger partial charge in [0.1, 0.15) is 0 Å². The smallest absolute Gasteiger partial charge is 0.332 e. The summed E-state index contributed by atoms with van der Waals surface area (Å²) in [5.41, 5.74) is 0. The Morgan fingerprint density at radius 3 is 2.79 bits per heavy atom. The second-order valence-electron chi connectivity index (χ2n) is 4.62. The number of unbranched alkanes of at least 4 members (excludes halogenated alkanes) is 1. The number of nitrogens with zero attached hydrogens (tertiary/aromatic N) is 2.